The molecule has 2 saturated heterocycles. The molecule has 0 unspecified atom stereocenters. The fourth-order valence-corrected chi connectivity index (χ4v) is 6.08. The molecule has 2 aliphatic rings. The van der Waals surface area contributed by atoms with Crippen molar-refractivity contribution in [2.24, 2.45) is 5.92 Å². The van der Waals surface area contributed by atoms with Crippen LogP contribution in [0.4, 0.5) is 16.2 Å². The zero-order valence-corrected chi connectivity index (χ0v) is 25.6. The Kier molecular flexibility index (Phi) is 9.30. The van der Waals surface area contributed by atoms with Crippen LogP contribution in [-0.4, -0.2) is 54.6 Å². The summed E-state index contributed by atoms with van der Waals surface area (Å²) in [5.41, 5.74) is 4.61. The van der Waals surface area contributed by atoms with Gasteiger partial charge in [0.25, 0.3) is 0 Å². The van der Waals surface area contributed by atoms with Crippen LogP contribution < -0.4 is 15.5 Å². The third kappa shape index (κ3) is 6.85. The zero-order valence-electron chi connectivity index (χ0n) is 25.6. The van der Waals surface area contributed by atoms with Crippen molar-refractivity contribution in [2.45, 2.75) is 96.8 Å². The summed E-state index contributed by atoms with van der Waals surface area (Å²) in [5.74, 6) is -0.614. The van der Waals surface area contributed by atoms with E-state index in [9.17, 15) is 14.4 Å². The van der Waals surface area contributed by atoms with Crippen molar-refractivity contribution in [1.82, 2.24) is 10.2 Å². The third-order valence-corrected chi connectivity index (χ3v) is 8.49. The maximum Gasteiger partial charge on any atom is 0.407 e. The molecule has 0 saturated carbocycles. The van der Waals surface area contributed by atoms with Gasteiger partial charge in [0, 0.05) is 24.0 Å². The van der Waals surface area contributed by atoms with Gasteiger partial charge in [0.1, 0.15) is 12.1 Å². The van der Waals surface area contributed by atoms with E-state index in [4.69, 9.17) is 4.74 Å². The van der Waals surface area contributed by atoms with Crippen molar-refractivity contribution in [3.63, 3.8) is 0 Å². The second-order valence-electron chi connectivity index (χ2n) is 12.8. The number of hydrogen-bond donors (Lipinski definition) is 2. The van der Waals surface area contributed by atoms with Gasteiger partial charge in [-0.3, -0.25) is 9.59 Å². The van der Waals surface area contributed by atoms with E-state index in [1.807, 2.05) is 26.0 Å². The molecule has 8 nitrogen and oxygen atoms in total. The number of carbonyl (C=O) groups is 3. The summed E-state index contributed by atoms with van der Waals surface area (Å²) >= 11 is 0. The maximum absolute atomic E-state index is 13.3. The highest BCUT2D eigenvalue weighted by Gasteiger charge is 2.39. The lowest BCUT2D eigenvalue weighted by Gasteiger charge is -2.32. The van der Waals surface area contributed by atoms with Gasteiger partial charge >= 0.3 is 6.09 Å². The summed E-state index contributed by atoms with van der Waals surface area (Å²) in [6.07, 6.45) is 2.86. The van der Waals surface area contributed by atoms with Crippen LogP contribution in [0.25, 0.3) is 0 Å². The number of rotatable bonds is 7. The predicted octanol–water partition coefficient (Wildman–Crippen LogP) is 6.02. The van der Waals surface area contributed by atoms with Gasteiger partial charge in [-0.25, -0.2) is 4.79 Å². The van der Waals surface area contributed by atoms with E-state index in [1.54, 1.807) is 4.90 Å². The summed E-state index contributed by atoms with van der Waals surface area (Å²) in [7, 11) is 1.27. The molecule has 2 aromatic carbocycles. The van der Waals surface area contributed by atoms with Crippen LogP contribution in [0.15, 0.2) is 48.5 Å². The first-order valence-corrected chi connectivity index (χ1v) is 14.9. The Labute approximate surface area is 244 Å². The molecule has 4 rings (SSSR count). The second kappa shape index (κ2) is 12.5. The molecular formula is C33H46N4O4. The normalized spacial score (nSPS) is 21.6. The van der Waals surface area contributed by atoms with E-state index in [2.05, 4.69) is 79.6 Å². The van der Waals surface area contributed by atoms with E-state index < -0.39 is 18.2 Å². The molecule has 3 amide bonds. The molecule has 4 atom stereocenters. The number of ether oxygens (including phenoxy) is 1. The standard InChI is InChI=1S/C33H46N4O4/c1-21(2)29(35-32(40)41-7)31(39)36-20-8-9-28(36)30(38)34-25-15-11-23(12-16-25)27-19-10-22(3)37(27)26-17-13-24(14-18-26)33(4,5)6/h11-18,21-22,27-29H,8-10,19-20H2,1-7H3,(H,34,38)(H,35,40)/t22-,27+,28+,29+/m1/s1. The Morgan fingerprint density at radius 1 is 0.951 bits per heavy atom. The first kappa shape index (κ1) is 30.4. The molecule has 2 fully saturated rings. The molecular weight excluding hydrogens is 516 g/mol. The summed E-state index contributed by atoms with van der Waals surface area (Å²) < 4.78 is 4.69. The minimum atomic E-state index is -0.753. The van der Waals surface area contributed by atoms with Gasteiger partial charge in [-0.15, -0.1) is 0 Å². The van der Waals surface area contributed by atoms with Gasteiger partial charge in [0.15, 0.2) is 0 Å². The van der Waals surface area contributed by atoms with Crippen molar-refractivity contribution in [3.05, 3.63) is 59.7 Å². The van der Waals surface area contributed by atoms with Gasteiger partial charge < -0.3 is 25.2 Å². The Hall–Kier alpha value is -3.55. The first-order chi connectivity index (χ1) is 19.4. The van der Waals surface area contributed by atoms with Crippen molar-refractivity contribution < 1.29 is 19.1 Å². The summed E-state index contributed by atoms with van der Waals surface area (Å²) in [4.78, 5) is 42.5. The Morgan fingerprint density at radius 3 is 2.20 bits per heavy atom. The number of alkyl carbamates (subject to hydrolysis) is 1. The van der Waals surface area contributed by atoms with E-state index in [0.29, 0.717) is 24.7 Å². The van der Waals surface area contributed by atoms with Crippen molar-refractivity contribution >= 4 is 29.3 Å². The molecule has 222 valence electrons. The maximum atomic E-state index is 13.3. The summed E-state index contributed by atoms with van der Waals surface area (Å²) in [5, 5.41) is 5.64. The summed E-state index contributed by atoms with van der Waals surface area (Å²) in [6.45, 7) is 13.2. The molecule has 0 aromatic heterocycles. The van der Waals surface area contributed by atoms with E-state index >= 15 is 0 Å². The fraction of sp³-hybridized carbons (Fsp3) is 0.545. The molecule has 0 bridgehead atoms. The molecule has 2 aliphatic heterocycles. The minimum absolute atomic E-state index is 0.119. The quantitative estimate of drug-likeness (QED) is 0.430. The highest BCUT2D eigenvalue weighted by atomic mass is 16.5. The number of anilines is 2. The molecule has 0 aliphatic carbocycles. The van der Waals surface area contributed by atoms with Crippen LogP contribution in [0, 0.1) is 5.92 Å². The number of nitrogens with one attached hydrogen (secondary N) is 2. The third-order valence-electron chi connectivity index (χ3n) is 8.49. The zero-order chi connectivity index (χ0) is 29.9. The summed E-state index contributed by atoms with van der Waals surface area (Å²) in [6, 6.07) is 16.4. The topological polar surface area (TPSA) is 91.0 Å². The molecule has 0 spiro atoms. The highest BCUT2D eigenvalue weighted by Crippen LogP contribution is 2.40. The number of nitrogens with zero attached hydrogens (tertiary/aromatic N) is 2. The van der Waals surface area contributed by atoms with Crippen molar-refractivity contribution in [3.8, 4) is 0 Å². The monoisotopic (exact) mass is 562 g/mol. The molecule has 0 radical (unpaired) electrons. The lowest BCUT2D eigenvalue weighted by Crippen LogP contribution is -2.54. The van der Waals surface area contributed by atoms with Crippen LogP contribution in [0.3, 0.4) is 0 Å². The van der Waals surface area contributed by atoms with Gasteiger partial charge in [0.2, 0.25) is 11.8 Å². The lowest BCUT2D eigenvalue weighted by molar-refractivity contribution is -0.139. The number of benzene rings is 2. The van der Waals surface area contributed by atoms with Crippen LogP contribution in [0.5, 0.6) is 0 Å². The predicted molar refractivity (Wildman–Crippen MR) is 163 cm³/mol. The van der Waals surface area contributed by atoms with Gasteiger partial charge in [0.05, 0.1) is 13.2 Å². The van der Waals surface area contributed by atoms with Gasteiger partial charge in [-0.05, 0) is 79.3 Å². The average molecular weight is 563 g/mol. The molecule has 8 heteroatoms. The molecule has 2 aromatic rings. The second-order valence-corrected chi connectivity index (χ2v) is 12.8. The average Bonchev–Trinajstić information content (AvgIpc) is 3.58. The number of likely N-dealkylation sites (tertiary alicyclic amines) is 1. The SMILES string of the molecule is COC(=O)N[C@H](C(=O)N1CCC[C@H]1C(=O)Nc1ccc([C@@H]2CC[C@@H](C)N2c2ccc(C(C)(C)C)cc2)cc1)C(C)C. The first-order valence-electron chi connectivity index (χ1n) is 14.9. The van der Waals surface area contributed by atoms with E-state index in [0.717, 1.165) is 19.3 Å². The van der Waals surface area contributed by atoms with Crippen molar-refractivity contribution in [2.75, 3.05) is 23.9 Å². The molecule has 2 N–H and O–H groups in total. The Balaban J connectivity index is 1.44. The number of carbonyl (C=O) groups excluding carboxylic acids is 3. The smallest absolute Gasteiger partial charge is 0.407 e. The molecule has 41 heavy (non-hydrogen) atoms. The Bertz CT molecular complexity index is 1220. The highest BCUT2D eigenvalue weighted by molar-refractivity contribution is 5.98. The Morgan fingerprint density at radius 2 is 1.61 bits per heavy atom. The molecule has 2 heterocycles. The van der Waals surface area contributed by atoms with E-state index in [-0.39, 0.29) is 29.2 Å². The fourth-order valence-electron chi connectivity index (χ4n) is 6.08. The van der Waals surface area contributed by atoms with E-state index in [1.165, 1.54) is 23.9 Å². The number of hydrogen-bond acceptors (Lipinski definition) is 5. The van der Waals surface area contributed by atoms with Crippen LogP contribution in [0.1, 0.15) is 84.4 Å². The van der Waals surface area contributed by atoms with Gasteiger partial charge in [-0.2, -0.15) is 0 Å². The minimum Gasteiger partial charge on any atom is -0.453 e. The van der Waals surface area contributed by atoms with Crippen LogP contribution in [-0.2, 0) is 19.7 Å². The van der Waals surface area contributed by atoms with Crippen LogP contribution in [0.2, 0.25) is 0 Å². The number of amides is 3. The number of methoxy groups -OCH3 is 1. The lowest BCUT2D eigenvalue weighted by atomic mass is 9.87. The van der Waals surface area contributed by atoms with Crippen molar-refractivity contribution in [1.29, 1.82) is 0 Å². The van der Waals surface area contributed by atoms with Crippen LogP contribution >= 0.6 is 0 Å². The largest absolute Gasteiger partial charge is 0.453 e. The van der Waals surface area contributed by atoms with Gasteiger partial charge in [-0.1, -0.05) is 58.9 Å².